The second-order valence-electron chi connectivity index (χ2n) is 5.34. The summed E-state index contributed by atoms with van der Waals surface area (Å²) in [6.45, 7) is 0. The summed E-state index contributed by atoms with van der Waals surface area (Å²) < 4.78 is 5.31. The molecule has 0 fully saturated rings. The van der Waals surface area contributed by atoms with Crippen LogP contribution in [0.1, 0.15) is 16.7 Å². The first-order valence-electron chi connectivity index (χ1n) is 7.12. The number of nitriles is 1. The van der Waals surface area contributed by atoms with Crippen molar-refractivity contribution in [2.24, 2.45) is 5.92 Å². The van der Waals surface area contributed by atoms with Gasteiger partial charge >= 0.3 is 0 Å². The van der Waals surface area contributed by atoms with Crippen molar-refractivity contribution in [1.29, 1.82) is 5.26 Å². The van der Waals surface area contributed by atoms with Crippen LogP contribution in [0.4, 0.5) is 0 Å². The van der Waals surface area contributed by atoms with E-state index in [1.165, 1.54) is 11.1 Å². The molecule has 0 bridgehead atoms. The number of allylic oxidation sites excluding steroid dienone is 2. The molecule has 2 aromatic rings. The summed E-state index contributed by atoms with van der Waals surface area (Å²) in [4.78, 5) is 0. The Hall–Kier alpha value is -2.53. The second kappa shape index (κ2) is 5.85. The van der Waals surface area contributed by atoms with E-state index in [0.29, 0.717) is 5.92 Å². The van der Waals surface area contributed by atoms with Gasteiger partial charge in [0, 0.05) is 6.08 Å². The van der Waals surface area contributed by atoms with Crippen molar-refractivity contribution in [3.05, 3.63) is 71.3 Å². The van der Waals surface area contributed by atoms with Crippen molar-refractivity contribution in [2.75, 3.05) is 7.11 Å². The Bertz CT molecular complexity index is 710. The van der Waals surface area contributed by atoms with Crippen molar-refractivity contribution in [1.82, 2.24) is 0 Å². The van der Waals surface area contributed by atoms with E-state index in [1.807, 2.05) is 18.2 Å². The van der Waals surface area contributed by atoms with Crippen molar-refractivity contribution in [2.45, 2.75) is 12.8 Å². The molecule has 0 aromatic heterocycles. The summed E-state index contributed by atoms with van der Waals surface area (Å²) in [5, 5.41) is 9.10. The molecule has 2 aromatic carbocycles. The number of hydrogen-bond acceptors (Lipinski definition) is 2. The third kappa shape index (κ3) is 2.68. The van der Waals surface area contributed by atoms with Gasteiger partial charge in [-0.15, -0.1) is 0 Å². The van der Waals surface area contributed by atoms with Crippen LogP contribution in [0.2, 0.25) is 0 Å². The number of benzene rings is 2. The largest absolute Gasteiger partial charge is 0.497 e. The van der Waals surface area contributed by atoms with Gasteiger partial charge in [-0.1, -0.05) is 36.4 Å². The molecule has 0 saturated heterocycles. The van der Waals surface area contributed by atoms with Crippen LogP contribution in [0.3, 0.4) is 0 Å². The molecule has 104 valence electrons. The normalized spacial score (nSPS) is 18.3. The lowest BCUT2D eigenvalue weighted by molar-refractivity contribution is 0.414. The van der Waals surface area contributed by atoms with Gasteiger partial charge in [-0.2, -0.15) is 5.26 Å². The van der Waals surface area contributed by atoms with Crippen LogP contribution in [-0.2, 0) is 12.8 Å². The summed E-state index contributed by atoms with van der Waals surface area (Å²) in [7, 11) is 1.67. The monoisotopic (exact) mass is 275 g/mol. The molecule has 0 N–H and O–H groups in total. The summed E-state index contributed by atoms with van der Waals surface area (Å²) in [5.41, 5.74) is 4.91. The van der Waals surface area contributed by atoms with Crippen LogP contribution in [0.25, 0.3) is 5.57 Å². The maximum Gasteiger partial charge on any atom is 0.119 e. The zero-order chi connectivity index (χ0) is 14.7. The standard InChI is InChI=1S/C19H17NO/c1-21-17-8-7-15-12-16(11-14-5-3-2-4-6-14)18(9-10-20)19(15)13-17/h2-9,13,16H,11-12H2,1H3/b18-9-. The van der Waals surface area contributed by atoms with Crippen molar-refractivity contribution in [3.8, 4) is 11.8 Å². The van der Waals surface area contributed by atoms with E-state index in [-0.39, 0.29) is 0 Å². The smallest absolute Gasteiger partial charge is 0.119 e. The van der Waals surface area contributed by atoms with E-state index in [1.54, 1.807) is 13.2 Å². The Kier molecular flexibility index (Phi) is 3.75. The lowest BCUT2D eigenvalue weighted by atomic mass is 9.92. The van der Waals surface area contributed by atoms with Crippen LogP contribution in [-0.4, -0.2) is 7.11 Å². The maximum atomic E-state index is 9.10. The van der Waals surface area contributed by atoms with E-state index in [9.17, 15) is 0 Å². The van der Waals surface area contributed by atoms with Crippen LogP contribution >= 0.6 is 0 Å². The van der Waals surface area contributed by atoms with Gasteiger partial charge in [-0.05, 0) is 53.2 Å². The molecule has 1 unspecified atom stereocenters. The minimum Gasteiger partial charge on any atom is -0.497 e. The fourth-order valence-corrected chi connectivity index (χ4v) is 3.07. The van der Waals surface area contributed by atoms with E-state index in [0.717, 1.165) is 29.7 Å². The molecule has 1 atom stereocenters. The summed E-state index contributed by atoms with van der Waals surface area (Å²) in [6.07, 6.45) is 3.64. The first-order chi connectivity index (χ1) is 10.3. The highest BCUT2D eigenvalue weighted by Crippen LogP contribution is 2.40. The molecule has 0 amide bonds. The van der Waals surface area contributed by atoms with Crippen molar-refractivity contribution >= 4 is 5.57 Å². The zero-order valence-electron chi connectivity index (χ0n) is 12.0. The zero-order valence-corrected chi connectivity index (χ0v) is 12.0. The maximum absolute atomic E-state index is 9.10. The SMILES string of the molecule is COc1ccc2c(c1)/C(=C\C#N)C(Cc1ccccc1)C2. The van der Waals surface area contributed by atoms with Gasteiger partial charge < -0.3 is 4.74 Å². The van der Waals surface area contributed by atoms with Crippen LogP contribution in [0.5, 0.6) is 5.75 Å². The van der Waals surface area contributed by atoms with Crippen LogP contribution < -0.4 is 4.74 Å². The Labute approximate surface area is 125 Å². The molecule has 2 heteroatoms. The number of methoxy groups -OCH3 is 1. The van der Waals surface area contributed by atoms with Gasteiger partial charge in [0.25, 0.3) is 0 Å². The third-order valence-electron chi connectivity index (χ3n) is 4.08. The fourth-order valence-electron chi connectivity index (χ4n) is 3.07. The second-order valence-corrected chi connectivity index (χ2v) is 5.34. The minimum absolute atomic E-state index is 0.370. The molecular weight excluding hydrogens is 258 g/mol. The van der Waals surface area contributed by atoms with Crippen LogP contribution in [0.15, 0.2) is 54.6 Å². The number of ether oxygens (including phenoxy) is 1. The third-order valence-corrected chi connectivity index (χ3v) is 4.08. The van der Waals surface area contributed by atoms with Crippen molar-refractivity contribution < 1.29 is 4.74 Å². The number of hydrogen-bond donors (Lipinski definition) is 0. The van der Waals surface area contributed by atoms with E-state index >= 15 is 0 Å². The molecule has 2 nitrogen and oxygen atoms in total. The van der Waals surface area contributed by atoms with Gasteiger partial charge in [0.1, 0.15) is 5.75 Å². The van der Waals surface area contributed by atoms with Gasteiger partial charge in [-0.25, -0.2) is 0 Å². The number of fused-ring (bicyclic) bond motifs is 1. The Morgan fingerprint density at radius 2 is 2.05 bits per heavy atom. The average molecular weight is 275 g/mol. The van der Waals surface area contributed by atoms with Gasteiger partial charge in [0.15, 0.2) is 0 Å². The number of nitrogens with zero attached hydrogens (tertiary/aromatic N) is 1. The topological polar surface area (TPSA) is 33.0 Å². The Morgan fingerprint density at radius 3 is 2.76 bits per heavy atom. The summed E-state index contributed by atoms with van der Waals surface area (Å²) >= 11 is 0. The predicted octanol–water partition coefficient (Wildman–Crippen LogP) is 4.02. The minimum atomic E-state index is 0.370. The molecule has 0 spiro atoms. The fraction of sp³-hybridized carbons (Fsp3) is 0.211. The highest BCUT2D eigenvalue weighted by molar-refractivity contribution is 5.77. The average Bonchev–Trinajstić information content (AvgIpc) is 2.85. The Morgan fingerprint density at radius 1 is 1.24 bits per heavy atom. The van der Waals surface area contributed by atoms with E-state index in [2.05, 4.69) is 36.4 Å². The molecule has 0 radical (unpaired) electrons. The van der Waals surface area contributed by atoms with Crippen molar-refractivity contribution in [3.63, 3.8) is 0 Å². The highest BCUT2D eigenvalue weighted by Gasteiger charge is 2.27. The molecule has 0 saturated carbocycles. The molecule has 21 heavy (non-hydrogen) atoms. The molecule has 1 aliphatic carbocycles. The molecule has 0 aliphatic heterocycles. The summed E-state index contributed by atoms with van der Waals surface area (Å²) in [5.74, 6) is 1.21. The molecular formula is C19H17NO. The van der Waals surface area contributed by atoms with Crippen LogP contribution in [0, 0.1) is 17.2 Å². The predicted molar refractivity (Wildman–Crippen MR) is 83.9 cm³/mol. The highest BCUT2D eigenvalue weighted by atomic mass is 16.5. The van der Waals surface area contributed by atoms with Gasteiger partial charge in [0.05, 0.1) is 13.2 Å². The van der Waals surface area contributed by atoms with Gasteiger partial charge in [-0.3, -0.25) is 0 Å². The first kappa shape index (κ1) is 13.5. The number of rotatable bonds is 3. The summed E-state index contributed by atoms with van der Waals surface area (Å²) in [6, 6.07) is 18.8. The molecule has 0 heterocycles. The quantitative estimate of drug-likeness (QED) is 0.793. The molecule has 1 aliphatic rings. The Balaban J connectivity index is 1.94. The van der Waals surface area contributed by atoms with Gasteiger partial charge in [0.2, 0.25) is 0 Å². The lowest BCUT2D eigenvalue weighted by Crippen LogP contribution is -2.03. The lowest BCUT2D eigenvalue weighted by Gasteiger charge is -2.11. The first-order valence-corrected chi connectivity index (χ1v) is 7.12. The molecule has 3 rings (SSSR count). The van der Waals surface area contributed by atoms with E-state index < -0.39 is 0 Å². The van der Waals surface area contributed by atoms with E-state index in [4.69, 9.17) is 10.00 Å².